The molecule has 0 bridgehead atoms. The number of piperidine rings is 1. The summed E-state index contributed by atoms with van der Waals surface area (Å²) in [4.78, 5) is 29.0. The van der Waals surface area contributed by atoms with E-state index in [9.17, 15) is 9.90 Å². The average Bonchev–Trinajstić information content (AvgIpc) is 2.87. The number of likely N-dealkylation sites (tertiary alicyclic amines) is 1. The summed E-state index contributed by atoms with van der Waals surface area (Å²) in [5.74, 6) is 1.24. The van der Waals surface area contributed by atoms with Gasteiger partial charge in [-0.25, -0.2) is 4.98 Å². The molecule has 4 N–H and O–H groups in total. The number of carbonyl (C=O) groups is 1. The fourth-order valence-electron chi connectivity index (χ4n) is 5.00. The molecule has 9 heteroatoms. The SMILES string of the molecule is CCC[C@H](C)Nc1ncc(-c2ccc(C(=O)NC3CCN(C)CC3)cn2)c(N[C@H]2CC[C@H](O)CC2)n1. The zero-order chi connectivity index (χ0) is 25.5. The summed E-state index contributed by atoms with van der Waals surface area (Å²) in [5, 5.41) is 20.0. The lowest BCUT2D eigenvalue weighted by atomic mass is 9.93. The molecule has 0 radical (unpaired) electrons. The zero-order valence-electron chi connectivity index (χ0n) is 21.8. The van der Waals surface area contributed by atoms with E-state index < -0.39 is 0 Å². The smallest absolute Gasteiger partial charge is 0.253 e. The van der Waals surface area contributed by atoms with Crippen molar-refractivity contribution in [3.8, 4) is 11.3 Å². The Bertz CT molecular complexity index is 984. The van der Waals surface area contributed by atoms with Crippen LogP contribution in [0.25, 0.3) is 11.3 Å². The van der Waals surface area contributed by atoms with E-state index in [1.807, 2.05) is 12.1 Å². The first kappa shape index (κ1) is 26.3. The summed E-state index contributed by atoms with van der Waals surface area (Å²) in [7, 11) is 2.11. The fourth-order valence-corrected chi connectivity index (χ4v) is 5.00. The number of anilines is 2. The molecule has 9 nitrogen and oxygen atoms in total. The number of rotatable bonds is 9. The van der Waals surface area contributed by atoms with Crippen LogP contribution in [0, 0.1) is 0 Å². The predicted octanol–water partition coefficient (Wildman–Crippen LogP) is 3.68. The standard InChI is InChI=1S/C27H41N7O2/c1-4-5-18(2)30-27-29-17-23(25(33-27)31-20-7-9-22(35)10-8-20)24-11-6-19(16-28-24)26(36)32-21-12-14-34(3)15-13-21/h6,11,16-18,20-22,35H,4-5,7-10,12-15H2,1-3H3,(H,32,36)(H2,29,30,31,33)/t18-,20-,22-/m0/s1. The van der Waals surface area contributed by atoms with E-state index in [1.54, 1.807) is 12.4 Å². The molecule has 4 rings (SSSR count). The maximum atomic E-state index is 12.8. The van der Waals surface area contributed by atoms with Crippen LogP contribution in [0.1, 0.15) is 75.6 Å². The van der Waals surface area contributed by atoms with Crippen LogP contribution in [0.3, 0.4) is 0 Å². The van der Waals surface area contributed by atoms with Crippen molar-refractivity contribution in [3.63, 3.8) is 0 Å². The molecule has 0 spiro atoms. The fraction of sp³-hybridized carbons (Fsp3) is 0.630. The molecule has 36 heavy (non-hydrogen) atoms. The maximum absolute atomic E-state index is 12.8. The van der Waals surface area contributed by atoms with Gasteiger partial charge in [0.25, 0.3) is 5.91 Å². The van der Waals surface area contributed by atoms with Gasteiger partial charge in [-0.15, -0.1) is 0 Å². The normalized spacial score (nSPS) is 22.1. The lowest BCUT2D eigenvalue weighted by Crippen LogP contribution is -2.43. The van der Waals surface area contributed by atoms with E-state index in [2.05, 4.69) is 51.7 Å². The summed E-state index contributed by atoms with van der Waals surface area (Å²) >= 11 is 0. The Morgan fingerprint density at radius 1 is 1.08 bits per heavy atom. The zero-order valence-corrected chi connectivity index (χ0v) is 21.8. The highest BCUT2D eigenvalue weighted by Gasteiger charge is 2.23. The van der Waals surface area contributed by atoms with E-state index in [0.717, 1.165) is 81.5 Å². The third-order valence-electron chi connectivity index (χ3n) is 7.28. The van der Waals surface area contributed by atoms with Crippen LogP contribution < -0.4 is 16.0 Å². The molecule has 0 unspecified atom stereocenters. The molecule has 3 heterocycles. The summed E-state index contributed by atoms with van der Waals surface area (Å²) in [5.41, 5.74) is 2.08. The van der Waals surface area contributed by atoms with Gasteiger partial charge in [0.2, 0.25) is 5.95 Å². The van der Waals surface area contributed by atoms with Crippen molar-refractivity contribution in [2.45, 2.75) is 89.4 Å². The Hall–Kier alpha value is -2.78. The predicted molar refractivity (Wildman–Crippen MR) is 143 cm³/mol. The highest BCUT2D eigenvalue weighted by atomic mass is 16.3. The lowest BCUT2D eigenvalue weighted by molar-refractivity contribution is 0.0916. The number of pyridine rings is 1. The minimum atomic E-state index is -0.213. The Morgan fingerprint density at radius 3 is 2.50 bits per heavy atom. The number of hydrogen-bond acceptors (Lipinski definition) is 8. The lowest BCUT2D eigenvalue weighted by Gasteiger charge is -2.29. The summed E-state index contributed by atoms with van der Waals surface area (Å²) < 4.78 is 0. The maximum Gasteiger partial charge on any atom is 0.253 e. The summed E-state index contributed by atoms with van der Waals surface area (Å²) in [6.45, 7) is 6.29. The Balaban J connectivity index is 1.50. The van der Waals surface area contributed by atoms with Crippen LogP contribution in [0.5, 0.6) is 0 Å². The van der Waals surface area contributed by atoms with Crippen molar-refractivity contribution in [3.05, 3.63) is 30.1 Å². The molecule has 2 aromatic heterocycles. The molecular formula is C27H41N7O2. The minimum Gasteiger partial charge on any atom is -0.393 e. The molecule has 1 amide bonds. The topological polar surface area (TPSA) is 115 Å². The number of carbonyl (C=O) groups excluding carboxylic acids is 1. The highest BCUT2D eigenvalue weighted by molar-refractivity contribution is 5.94. The molecule has 1 aliphatic carbocycles. The van der Waals surface area contributed by atoms with E-state index in [-0.39, 0.29) is 30.1 Å². The van der Waals surface area contributed by atoms with Crippen LogP contribution in [0.15, 0.2) is 24.5 Å². The van der Waals surface area contributed by atoms with Gasteiger partial charge >= 0.3 is 0 Å². The van der Waals surface area contributed by atoms with E-state index in [4.69, 9.17) is 4.98 Å². The van der Waals surface area contributed by atoms with Gasteiger partial charge in [0, 0.05) is 30.5 Å². The van der Waals surface area contributed by atoms with Gasteiger partial charge < -0.3 is 26.0 Å². The third kappa shape index (κ3) is 7.13. The number of amides is 1. The first-order valence-corrected chi connectivity index (χ1v) is 13.4. The minimum absolute atomic E-state index is 0.0802. The van der Waals surface area contributed by atoms with Gasteiger partial charge in [0.15, 0.2) is 0 Å². The second-order valence-corrected chi connectivity index (χ2v) is 10.4. The first-order chi connectivity index (χ1) is 17.4. The van der Waals surface area contributed by atoms with Gasteiger partial charge in [-0.2, -0.15) is 4.98 Å². The largest absolute Gasteiger partial charge is 0.393 e. The van der Waals surface area contributed by atoms with Crippen LogP contribution >= 0.6 is 0 Å². The monoisotopic (exact) mass is 495 g/mol. The van der Waals surface area contributed by atoms with Crippen LogP contribution in [0.2, 0.25) is 0 Å². The Kier molecular flexibility index (Phi) is 9.09. The molecule has 0 aromatic carbocycles. The van der Waals surface area contributed by atoms with E-state index in [0.29, 0.717) is 11.5 Å². The van der Waals surface area contributed by atoms with Crippen LogP contribution in [-0.2, 0) is 0 Å². The van der Waals surface area contributed by atoms with Crippen molar-refractivity contribution in [1.29, 1.82) is 0 Å². The number of aliphatic hydroxyl groups is 1. The second-order valence-electron chi connectivity index (χ2n) is 10.4. The molecule has 1 aliphatic heterocycles. The van der Waals surface area contributed by atoms with Gasteiger partial charge in [-0.3, -0.25) is 9.78 Å². The number of nitrogens with one attached hydrogen (secondary N) is 3. The van der Waals surface area contributed by atoms with Crippen molar-refractivity contribution in [2.24, 2.45) is 0 Å². The number of hydrogen-bond donors (Lipinski definition) is 4. The molecule has 2 fully saturated rings. The third-order valence-corrected chi connectivity index (χ3v) is 7.28. The van der Waals surface area contributed by atoms with Crippen molar-refractivity contribution >= 4 is 17.7 Å². The quantitative estimate of drug-likeness (QED) is 0.416. The van der Waals surface area contributed by atoms with Crippen molar-refractivity contribution in [2.75, 3.05) is 30.8 Å². The summed E-state index contributed by atoms with van der Waals surface area (Å²) in [6.07, 6.45) is 10.6. The van der Waals surface area contributed by atoms with Crippen molar-refractivity contribution < 1.29 is 9.90 Å². The average molecular weight is 496 g/mol. The van der Waals surface area contributed by atoms with Gasteiger partial charge in [0.05, 0.1) is 22.9 Å². The van der Waals surface area contributed by atoms with Crippen molar-refractivity contribution in [1.82, 2.24) is 25.2 Å². The highest BCUT2D eigenvalue weighted by Crippen LogP contribution is 2.29. The molecule has 1 saturated heterocycles. The molecule has 1 atom stereocenters. The molecule has 2 aromatic rings. The van der Waals surface area contributed by atoms with Crippen LogP contribution in [-0.4, -0.2) is 75.2 Å². The van der Waals surface area contributed by atoms with Gasteiger partial charge in [0.1, 0.15) is 5.82 Å². The first-order valence-electron chi connectivity index (χ1n) is 13.4. The van der Waals surface area contributed by atoms with Gasteiger partial charge in [-0.1, -0.05) is 13.3 Å². The number of nitrogens with zero attached hydrogens (tertiary/aromatic N) is 4. The van der Waals surface area contributed by atoms with Crippen LogP contribution in [0.4, 0.5) is 11.8 Å². The Labute approximate surface area is 214 Å². The number of aromatic nitrogens is 3. The molecular weight excluding hydrogens is 454 g/mol. The Morgan fingerprint density at radius 2 is 1.83 bits per heavy atom. The second kappa shape index (κ2) is 12.5. The summed E-state index contributed by atoms with van der Waals surface area (Å²) in [6, 6.07) is 4.41. The van der Waals surface area contributed by atoms with E-state index in [1.165, 1.54) is 0 Å². The number of aliphatic hydroxyl groups excluding tert-OH is 1. The molecule has 2 aliphatic rings. The molecule has 1 saturated carbocycles. The molecule has 196 valence electrons. The van der Waals surface area contributed by atoms with Gasteiger partial charge in [-0.05, 0) is 84.1 Å². The van der Waals surface area contributed by atoms with E-state index >= 15 is 0 Å².